The minimum Gasteiger partial charge on any atom is -0.494 e. The number of aryl methyl sites for hydroxylation is 1. The molecular weight excluding hydrogens is 506 g/mol. The van der Waals surface area contributed by atoms with E-state index in [1.165, 1.54) is 27.0 Å². The molecule has 0 aliphatic carbocycles. The first-order valence-corrected chi connectivity index (χ1v) is 14.9. The number of aromatic nitrogens is 1. The van der Waals surface area contributed by atoms with Crippen LogP contribution in [0.1, 0.15) is 31.2 Å². The first-order chi connectivity index (χ1) is 16.9. The molecule has 0 bridgehead atoms. The number of sulfonamides is 1. The van der Waals surface area contributed by atoms with Gasteiger partial charge in [-0.2, -0.15) is 4.31 Å². The van der Waals surface area contributed by atoms with E-state index >= 15 is 0 Å². The molecule has 2 unspecified atom stereocenters. The van der Waals surface area contributed by atoms with Crippen molar-refractivity contribution in [2.24, 2.45) is 5.92 Å². The van der Waals surface area contributed by atoms with Gasteiger partial charge >= 0.3 is 0 Å². The number of hydrogen-bond donors (Lipinski definition) is 0. The maximum Gasteiger partial charge on any atom is 0.252 e. The molecule has 2 saturated heterocycles. The summed E-state index contributed by atoms with van der Waals surface area (Å²) in [5, 5.41) is 2.36. The fourth-order valence-electron chi connectivity index (χ4n) is 4.75. The van der Waals surface area contributed by atoms with Crippen molar-refractivity contribution < 1.29 is 22.7 Å². The van der Waals surface area contributed by atoms with E-state index in [-0.39, 0.29) is 18.6 Å². The third kappa shape index (κ3) is 4.84. The van der Waals surface area contributed by atoms with E-state index in [1.54, 1.807) is 29.5 Å². The molecule has 0 radical (unpaired) electrons. The second kappa shape index (κ2) is 10.1. The van der Waals surface area contributed by atoms with Gasteiger partial charge in [-0.15, -0.1) is 11.3 Å². The molecule has 2 atom stereocenters. The van der Waals surface area contributed by atoms with Crippen molar-refractivity contribution in [2.45, 2.75) is 42.9 Å². The first kappa shape index (κ1) is 24.6. The maximum atomic E-state index is 13.9. The average Bonchev–Trinajstić information content (AvgIpc) is 3.64. The molecule has 2 fully saturated rings. The lowest BCUT2D eigenvalue weighted by molar-refractivity contribution is -0.123. The smallest absolute Gasteiger partial charge is 0.252 e. The SMILES string of the molecule is COc1ccc(C)c2sc(N(CC3CCCO3)C(=O)C3CCCN(S(=O)(=O)c4cccs4)C3)nc12. The van der Waals surface area contributed by atoms with Gasteiger partial charge in [0.2, 0.25) is 5.91 Å². The van der Waals surface area contributed by atoms with E-state index < -0.39 is 15.9 Å². The predicted octanol–water partition coefficient (Wildman–Crippen LogP) is 4.29. The number of ether oxygens (including phenoxy) is 2. The number of rotatable bonds is 7. The Balaban J connectivity index is 1.46. The highest BCUT2D eigenvalue weighted by Gasteiger charge is 2.37. The summed E-state index contributed by atoms with van der Waals surface area (Å²) < 4.78 is 40.4. The predicted molar refractivity (Wildman–Crippen MR) is 138 cm³/mol. The number of thiophene rings is 1. The van der Waals surface area contributed by atoms with Gasteiger partial charge in [0.05, 0.1) is 30.4 Å². The fourth-order valence-corrected chi connectivity index (χ4v) is 8.49. The Morgan fingerprint density at radius 1 is 1.29 bits per heavy atom. The monoisotopic (exact) mass is 535 g/mol. The van der Waals surface area contributed by atoms with Crippen molar-refractivity contribution in [2.75, 3.05) is 38.3 Å². The van der Waals surface area contributed by atoms with Crippen molar-refractivity contribution in [1.29, 1.82) is 0 Å². The third-order valence-corrected chi connectivity index (χ3v) is 11.1. The molecule has 8 nitrogen and oxygen atoms in total. The van der Waals surface area contributed by atoms with Crippen molar-refractivity contribution in [3.05, 3.63) is 35.2 Å². The first-order valence-electron chi connectivity index (χ1n) is 11.8. The van der Waals surface area contributed by atoms with Gasteiger partial charge in [0.15, 0.2) is 5.13 Å². The minimum atomic E-state index is -3.61. The number of amides is 1. The fraction of sp³-hybridized carbons (Fsp3) is 0.500. The molecule has 3 aromatic rings. The van der Waals surface area contributed by atoms with Crippen LogP contribution in [-0.2, 0) is 19.6 Å². The Morgan fingerprint density at radius 3 is 2.86 bits per heavy atom. The molecule has 1 aromatic carbocycles. The van der Waals surface area contributed by atoms with E-state index in [2.05, 4.69) is 0 Å². The van der Waals surface area contributed by atoms with Crippen molar-refractivity contribution in [1.82, 2.24) is 9.29 Å². The molecule has 2 aliphatic rings. The standard InChI is InChI=1S/C24H29N3O5S3/c1-16-9-10-19(31-2)21-22(16)34-24(25-21)27(15-18-7-4-12-32-18)23(28)17-6-3-11-26(14-17)35(29,30)20-8-5-13-33-20/h5,8-10,13,17-18H,3-4,6-7,11-12,14-15H2,1-2H3. The Hall–Kier alpha value is -2.05. The van der Waals surface area contributed by atoms with Crippen LogP contribution < -0.4 is 9.64 Å². The molecular formula is C24H29N3O5S3. The number of fused-ring (bicyclic) bond motifs is 1. The van der Waals surface area contributed by atoms with Crippen LogP contribution in [0.2, 0.25) is 0 Å². The summed E-state index contributed by atoms with van der Waals surface area (Å²) >= 11 is 2.67. The van der Waals surface area contributed by atoms with Crippen LogP contribution in [-0.4, -0.2) is 63.1 Å². The lowest BCUT2D eigenvalue weighted by Gasteiger charge is -2.34. The number of anilines is 1. The molecule has 2 aromatic heterocycles. The minimum absolute atomic E-state index is 0.0523. The van der Waals surface area contributed by atoms with Gasteiger partial charge in [-0.25, -0.2) is 13.4 Å². The Labute approximate surface area is 213 Å². The zero-order valence-corrected chi connectivity index (χ0v) is 22.3. The lowest BCUT2D eigenvalue weighted by Crippen LogP contribution is -2.48. The topological polar surface area (TPSA) is 89.0 Å². The summed E-state index contributed by atoms with van der Waals surface area (Å²) in [5.41, 5.74) is 1.81. The van der Waals surface area contributed by atoms with Crippen LogP contribution in [0.15, 0.2) is 33.9 Å². The number of nitrogens with zero attached hydrogens (tertiary/aromatic N) is 3. The summed E-state index contributed by atoms with van der Waals surface area (Å²) in [6.45, 7) is 3.72. The number of thiazole rings is 1. The van der Waals surface area contributed by atoms with Crippen LogP contribution in [0.5, 0.6) is 5.75 Å². The average molecular weight is 536 g/mol. The highest BCUT2D eigenvalue weighted by Crippen LogP contribution is 2.38. The van der Waals surface area contributed by atoms with Gasteiger partial charge < -0.3 is 9.47 Å². The summed E-state index contributed by atoms with van der Waals surface area (Å²) in [7, 11) is -1.99. The molecule has 35 heavy (non-hydrogen) atoms. The largest absolute Gasteiger partial charge is 0.494 e. The van der Waals surface area contributed by atoms with Crippen LogP contribution in [0.4, 0.5) is 5.13 Å². The van der Waals surface area contributed by atoms with Gasteiger partial charge in [-0.1, -0.05) is 23.5 Å². The molecule has 0 N–H and O–H groups in total. The third-order valence-electron chi connectivity index (χ3n) is 6.64. The van der Waals surface area contributed by atoms with E-state index in [9.17, 15) is 13.2 Å². The maximum absolute atomic E-state index is 13.9. The molecule has 2 aliphatic heterocycles. The highest BCUT2D eigenvalue weighted by molar-refractivity contribution is 7.91. The number of piperidine rings is 1. The van der Waals surface area contributed by atoms with Gasteiger partial charge in [-0.3, -0.25) is 9.69 Å². The second-order valence-corrected chi connectivity index (χ2v) is 13.1. The molecule has 0 spiro atoms. The number of methoxy groups -OCH3 is 1. The van der Waals surface area contributed by atoms with E-state index in [4.69, 9.17) is 14.5 Å². The number of hydrogen-bond acceptors (Lipinski definition) is 8. The van der Waals surface area contributed by atoms with Crippen LogP contribution in [0.3, 0.4) is 0 Å². The molecule has 0 saturated carbocycles. The molecule has 5 rings (SSSR count). The van der Waals surface area contributed by atoms with Crippen molar-refractivity contribution >= 4 is 54.0 Å². The quantitative estimate of drug-likeness (QED) is 0.449. The normalized spacial score (nSPS) is 21.4. The molecule has 1 amide bonds. The molecule has 188 valence electrons. The van der Waals surface area contributed by atoms with Gasteiger partial charge in [-0.05, 0) is 55.7 Å². The summed E-state index contributed by atoms with van der Waals surface area (Å²) in [6, 6.07) is 7.23. The number of carbonyl (C=O) groups excluding carboxylic acids is 1. The van der Waals surface area contributed by atoms with E-state index in [1.807, 2.05) is 19.1 Å². The molecule has 4 heterocycles. The highest BCUT2D eigenvalue weighted by atomic mass is 32.2. The van der Waals surface area contributed by atoms with Gasteiger partial charge in [0, 0.05) is 19.7 Å². The van der Waals surface area contributed by atoms with E-state index in [0.717, 1.165) is 28.6 Å². The van der Waals surface area contributed by atoms with Gasteiger partial charge in [0.1, 0.15) is 15.5 Å². The van der Waals surface area contributed by atoms with Crippen molar-refractivity contribution in [3.8, 4) is 5.75 Å². The Bertz CT molecular complexity index is 1300. The zero-order chi connectivity index (χ0) is 24.6. The lowest BCUT2D eigenvalue weighted by atomic mass is 9.98. The summed E-state index contributed by atoms with van der Waals surface area (Å²) in [4.78, 5) is 20.5. The Kier molecular flexibility index (Phi) is 7.13. The summed E-state index contributed by atoms with van der Waals surface area (Å²) in [5.74, 6) is 0.139. The van der Waals surface area contributed by atoms with Crippen LogP contribution >= 0.6 is 22.7 Å². The number of carbonyl (C=O) groups is 1. The zero-order valence-electron chi connectivity index (χ0n) is 19.8. The van der Waals surface area contributed by atoms with E-state index in [0.29, 0.717) is 47.6 Å². The van der Waals surface area contributed by atoms with Gasteiger partial charge in [0.25, 0.3) is 10.0 Å². The summed E-state index contributed by atoms with van der Waals surface area (Å²) in [6.07, 6.45) is 3.09. The Morgan fingerprint density at radius 2 is 2.14 bits per heavy atom. The van der Waals surface area contributed by atoms with Crippen LogP contribution in [0, 0.1) is 12.8 Å². The molecule has 11 heteroatoms. The van der Waals surface area contributed by atoms with Crippen LogP contribution in [0.25, 0.3) is 10.2 Å². The van der Waals surface area contributed by atoms with Crippen molar-refractivity contribution in [3.63, 3.8) is 0 Å². The number of benzene rings is 1. The second-order valence-electron chi connectivity index (χ2n) is 8.98.